The Morgan fingerprint density at radius 2 is 2.33 bits per heavy atom. The van der Waals surface area contributed by atoms with Crippen molar-refractivity contribution < 1.29 is 0 Å². The first-order valence-electron chi connectivity index (χ1n) is 6.59. The van der Waals surface area contributed by atoms with Crippen LogP contribution in [-0.2, 0) is 13.5 Å². The highest BCUT2D eigenvalue weighted by atomic mass is 79.9. The third-order valence-electron chi connectivity index (χ3n) is 3.80. The first-order valence-corrected chi connectivity index (χ1v) is 7.38. The van der Waals surface area contributed by atoms with Gasteiger partial charge in [-0.2, -0.15) is 5.10 Å². The zero-order chi connectivity index (χ0) is 12.5. The van der Waals surface area contributed by atoms with Crippen molar-refractivity contribution in [2.45, 2.75) is 31.7 Å². The zero-order valence-electron chi connectivity index (χ0n) is 10.6. The third kappa shape index (κ3) is 2.19. The average molecular weight is 308 g/mol. The number of nitrogens with zero attached hydrogens (tertiary/aromatic N) is 2. The molecule has 0 bridgehead atoms. The van der Waals surface area contributed by atoms with E-state index in [1.54, 1.807) is 0 Å². The van der Waals surface area contributed by atoms with Gasteiger partial charge in [0.15, 0.2) is 0 Å². The number of aromatic nitrogens is 2. The largest absolute Gasteiger partial charge is 0.314 e. The van der Waals surface area contributed by atoms with Crippen molar-refractivity contribution in [3.05, 3.63) is 28.4 Å². The van der Waals surface area contributed by atoms with Crippen LogP contribution in [0, 0.1) is 0 Å². The second-order valence-electron chi connectivity index (χ2n) is 5.08. The summed E-state index contributed by atoms with van der Waals surface area (Å²) in [5.74, 6) is 0. The van der Waals surface area contributed by atoms with Crippen LogP contribution in [0.25, 0.3) is 10.9 Å². The summed E-state index contributed by atoms with van der Waals surface area (Å²) in [5, 5.41) is 9.34. The summed E-state index contributed by atoms with van der Waals surface area (Å²) in [7, 11) is 2.00. The van der Waals surface area contributed by atoms with Gasteiger partial charge in [-0.25, -0.2) is 0 Å². The lowest BCUT2D eigenvalue weighted by Crippen LogP contribution is -2.35. The number of rotatable bonds is 2. The van der Waals surface area contributed by atoms with E-state index in [1.807, 2.05) is 11.7 Å². The second kappa shape index (κ2) is 5.02. The van der Waals surface area contributed by atoms with Crippen molar-refractivity contribution in [3.8, 4) is 0 Å². The van der Waals surface area contributed by atoms with Crippen LogP contribution in [0.1, 0.15) is 24.8 Å². The van der Waals surface area contributed by atoms with Crippen LogP contribution in [0.2, 0.25) is 0 Å². The predicted molar refractivity (Wildman–Crippen MR) is 77.8 cm³/mol. The number of halogens is 1. The maximum atomic E-state index is 4.46. The summed E-state index contributed by atoms with van der Waals surface area (Å²) in [6.45, 7) is 1.16. The van der Waals surface area contributed by atoms with Crippen LogP contribution in [0.3, 0.4) is 0 Å². The van der Waals surface area contributed by atoms with Gasteiger partial charge in [0.25, 0.3) is 0 Å². The van der Waals surface area contributed by atoms with Crippen molar-refractivity contribution in [2.24, 2.45) is 7.05 Å². The molecular weight excluding hydrogens is 290 g/mol. The monoisotopic (exact) mass is 307 g/mol. The highest BCUT2D eigenvalue weighted by Gasteiger charge is 2.16. The molecule has 3 nitrogen and oxygen atoms in total. The van der Waals surface area contributed by atoms with Gasteiger partial charge in [0, 0.05) is 18.5 Å². The number of aryl methyl sites for hydroxylation is 1. The van der Waals surface area contributed by atoms with E-state index >= 15 is 0 Å². The highest BCUT2D eigenvalue weighted by molar-refractivity contribution is 9.10. The minimum absolute atomic E-state index is 0.622. The molecule has 2 aromatic rings. The number of piperidine rings is 1. The minimum atomic E-state index is 0.622. The molecule has 1 atom stereocenters. The van der Waals surface area contributed by atoms with E-state index in [4.69, 9.17) is 0 Å². The van der Waals surface area contributed by atoms with Crippen LogP contribution in [-0.4, -0.2) is 22.4 Å². The molecule has 1 aliphatic rings. The van der Waals surface area contributed by atoms with Gasteiger partial charge in [-0.15, -0.1) is 0 Å². The maximum absolute atomic E-state index is 4.46. The Morgan fingerprint density at radius 3 is 3.11 bits per heavy atom. The number of hydrogen-bond acceptors (Lipinski definition) is 2. The van der Waals surface area contributed by atoms with Gasteiger partial charge >= 0.3 is 0 Å². The molecule has 4 heteroatoms. The van der Waals surface area contributed by atoms with Gasteiger partial charge in [0.2, 0.25) is 0 Å². The quantitative estimate of drug-likeness (QED) is 0.924. The van der Waals surface area contributed by atoms with Gasteiger partial charge in [0.05, 0.1) is 5.52 Å². The second-order valence-corrected chi connectivity index (χ2v) is 5.83. The Kier molecular flexibility index (Phi) is 3.39. The molecule has 1 aromatic heterocycles. The van der Waals surface area contributed by atoms with Crippen LogP contribution >= 0.6 is 15.9 Å². The lowest BCUT2D eigenvalue weighted by Gasteiger charge is -2.23. The van der Waals surface area contributed by atoms with E-state index in [0.29, 0.717) is 6.04 Å². The molecule has 18 heavy (non-hydrogen) atoms. The normalized spacial score (nSPS) is 20.4. The fourth-order valence-electron chi connectivity index (χ4n) is 2.86. The summed E-state index contributed by atoms with van der Waals surface area (Å²) in [6.07, 6.45) is 5.05. The predicted octanol–water partition coefficient (Wildman–Crippen LogP) is 3.02. The summed E-state index contributed by atoms with van der Waals surface area (Å²) >= 11 is 3.58. The molecule has 0 radical (unpaired) electrons. The topological polar surface area (TPSA) is 29.9 Å². The number of hydrogen-bond donors (Lipinski definition) is 1. The Balaban J connectivity index is 1.95. The first-order chi connectivity index (χ1) is 8.75. The molecule has 1 N–H and O–H groups in total. The molecule has 0 amide bonds. The lowest BCUT2D eigenvalue weighted by atomic mass is 9.96. The molecule has 1 aromatic carbocycles. The van der Waals surface area contributed by atoms with Gasteiger partial charge in [-0.3, -0.25) is 4.68 Å². The molecule has 0 aliphatic carbocycles. The van der Waals surface area contributed by atoms with Crippen molar-refractivity contribution in [3.63, 3.8) is 0 Å². The molecule has 3 rings (SSSR count). The van der Waals surface area contributed by atoms with Gasteiger partial charge in [0.1, 0.15) is 4.60 Å². The number of fused-ring (bicyclic) bond motifs is 1. The van der Waals surface area contributed by atoms with Crippen LogP contribution in [0.15, 0.2) is 22.8 Å². The van der Waals surface area contributed by atoms with E-state index in [1.165, 1.54) is 35.7 Å². The molecule has 96 valence electrons. The van der Waals surface area contributed by atoms with Crippen molar-refractivity contribution in [1.82, 2.24) is 15.1 Å². The van der Waals surface area contributed by atoms with E-state index < -0.39 is 0 Å². The minimum Gasteiger partial charge on any atom is -0.314 e. The van der Waals surface area contributed by atoms with E-state index in [9.17, 15) is 0 Å². The Bertz CT molecular complexity index is 555. The standard InChI is InChI=1S/C14H18BrN3/c1-18-12-7-4-5-10(13(12)14(15)17-18)9-11-6-2-3-8-16-11/h4-5,7,11,16H,2-3,6,8-9H2,1H3. The summed E-state index contributed by atoms with van der Waals surface area (Å²) in [5.41, 5.74) is 2.60. The van der Waals surface area contributed by atoms with E-state index in [2.05, 4.69) is 44.5 Å². The molecule has 2 heterocycles. The molecule has 1 saturated heterocycles. The zero-order valence-corrected chi connectivity index (χ0v) is 12.2. The molecule has 0 saturated carbocycles. The number of benzene rings is 1. The SMILES string of the molecule is Cn1nc(Br)c2c(CC3CCCCN3)cccc21. The van der Waals surface area contributed by atoms with Crippen molar-refractivity contribution in [2.75, 3.05) is 6.54 Å². The average Bonchev–Trinajstić information content (AvgIpc) is 2.67. The van der Waals surface area contributed by atoms with E-state index in [-0.39, 0.29) is 0 Å². The van der Waals surface area contributed by atoms with Gasteiger partial charge in [-0.1, -0.05) is 18.6 Å². The Hall–Kier alpha value is -0.870. The van der Waals surface area contributed by atoms with Crippen LogP contribution in [0.5, 0.6) is 0 Å². The smallest absolute Gasteiger partial charge is 0.136 e. The molecule has 1 unspecified atom stereocenters. The molecule has 1 fully saturated rings. The van der Waals surface area contributed by atoms with Crippen LogP contribution in [0.4, 0.5) is 0 Å². The van der Waals surface area contributed by atoms with Gasteiger partial charge < -0.3 is 5.32 Å². The number of nitrogens with one attached hydrogen (secondary N) is 1. The molecular formula is C14H18BrN3. The first kappa shape index (κ1) is 12.2. The van der Waals surface area contributed by atoms with Gasteiger partial charge in [-0.05, 0) is 53.4 Å². The summed E-state index contributed by atoms with van der Waals surface area (Å²) in [6, 6.07) is 7.11. The maximum Gasteiger partial charge on any atom is 0.136 e. The Labute approximate surface area is 116 Å². The fourth-order valence-corrected chi connectivity index (χ4v) is 3.56. The van der Waals surface area contributed by atoms with E-state index in [0.717, 1.165) is 17.6 Å². The molecule has 0 spiro atoms. The van der Waals surface area contributed by atoms with Crippen LogP contribution < -0.4 is 5.32 Å². The highest BCUT2D eigenvalue weighted by Crippen LogP contribution is 2.28. The summed E-state index contributed by atoms with van der Waals surface area (Å²) in [4.78, 5) is 0. The Morgan fingerprint density at radius 1 is 1.44 bits per heavy atom. The van der Waals surface area contributed by atoms with Crippen molar-refractivity contribution >= 4 is 26.8 Å². The molecule has 1 aliphatic heterocycles. The van der Waals surface area contributed by atoms with Crippen molar-refractivity contribution in [1.29, 1.82) is 0 Å². The lowest BCUT2D eigenvalue weighted by molar-refractivity contribution is 0.400. The fraction of sp³-hybridized carbons (Fsp3) is 0.500. The third-order valence-corrected chi connectivity index (χ3v) is 4.36. The summed E-state index contributed by atoms with van der Waals surface area (Å²) < 4.78 is 2.91.